The van der Waals surface area contributed by atoms with Crippen LogP contribution in [-0.2, 0) is 14.3 Å². The number of anilines is 1. The fourth-order valence-electron chi connectivity index (χ4n) is 2.62. The molecule has 3 rings (SSSR count). The van der Waals surface area contributed by atoms with Gasteiger partial charge in [0, 0.05) is 12.8 Å². The molecular weight excluding hydrogens is 242 g/mol. The number of rotatable bonds is 4. The van der Waals surface area contributed by atoms with E-state index < -0.39 is 5.72 Å². The predicted molar refractivity (Wildman–Crippen MR) is 72.1 cm³/mol. The molecule has 1 saturated heterocycles. The third-order valence-corrected chi connectivity index (χ3v) is 3.97. The highest BCUT2D eigenvalue weighted by atomic mass is 16.7. The van der Waals surface area contributed by atoms with E-state index in [1.807, 2.05) is 4.90 Å². The van der Waals surface area contributed by atoms with Gasteiger partial charge in [-0.15, -0.1) is 0 Å². The zero-order chi connectivity index (χ0) is 13.5. The molecule has 1 aliphatic carbocycles. The van der Waals surface area contributed by atoms with Crippen LogP contribution in [0.15, 0.2) is 24.3 Å². The Bertz CT molecular complexity index is 469. The van der Waals surface area contributed by atoms with Crippen LogP contribution in [0.1, 0.15) is 31.2 Å². The summed E-state index contributed by atoms with van der Waals surface area (Å²) in [5.74, 6) is 0.744. The first-order valence-corrected chi connectivity index (χ1v) is 6.71. The summed E-state index contributed by atoms with van der Waals surface area (Å²) in [5, 5.41) is 0. The molecule has 1 aliphatic heterocycles. The van der Waals surface area contributed by atoms with E-state index in [-0.39, 0.29) is 6.29 Å². The maximum absolute atomic E-state index is 11.3. The molecule has 0 N–H and O–H groups in total. The van der Waals surface area contributed by atoms with E-state index in [9.17, 15) is 4.79 Å². The van der Waals surface area contributed by atoms with Gasteiger partial charge in [0.25, 0.3) is 0 Å². The number of hydrogen-bond acceptors (Lipinski definition) is 4. The minimum absolute atomic E-state index is 0.363. The average Bonchev–Trinajstić information content (AvgIpc) is 3.23. The van der Waals surface area contributed by atoms with Crippen molar-refractivity contribution in [1.82, 2.24) is 0 Å². The average molecular weight is 261 g/mol. The maximum Gasteiger partial charge on any atom is 0.198 e. The number of carbonyl (C=O) groups is 1. The molecule has 1 aromatic carbocycles. The Morgan fingerprint density at radius 1 is 1.37 bits per heavy atom. The van der Waals surface area contributed by atoms with Crippen LogP contribution in [0.25, 0.3) is 0 Å². The molecule has 2 unspecified atom stereocenters. The molecule has 2 fully saturated rings. The number of methoxy groups -OCH3 is 1. The zero-order valence-corrected chi connectivity index (χ0v) is 11.3. The number of carbonyl (C=O) groups excluding carboxylic acids is 1. The van der Waals surface area contributed by atoms with Gasteiger partial charge < -0.3 is 14.4 Å². The topological polar surface area (TPSA) is 38.8 Å². The van der Waals surface area contributed by atoms with Crippen LogP contribution in [0, 0.1) is 0 Å². The Hall–Kier alpha value is -1.39. The zero-order valence-electron chi connectivity index (χ0n) is 11.3. The second-order valence-electron chi connectivity index (χ2n) is 5.43. The lowest BCUT2D eigenvalue weighted by Gasteiger charge is -2.29. The highest BCUT2D eigenvalue weighted by Crippen LogP contribution is 2.41. The van der Waals surface area contributed by atoms with E-state index in [0.717, 1.165) is 17.9 Å². The first-order chi connectivity index (χ1) is 9.16. The van der Waals surface area contributed by atoms with Crippen LogP contribution in [-0.4, -0.2) is 32.0 Å². The van der Waals surface area contributed by atoms with Crippen LogP contribution in [0.5, 0.6) is 0 Å². The van der Waals surface area contributed by atoms with Gasteiger partial charge >= 0.3 is 0 Å². The number of aldehydes is 1. The molecule has 2 aliphatic rings. The lowest BCUT2D eigenvalue weighted by molar-refractivity contribution is -0.155. The molecule has 0 amide bonds. The van der Waals surface area contributed by atoms with Gasteiger partial charge in [0.05, 0.1) is 6.54 Å². The van der Waals surface area contributed by atoms with Crippen LogP contribution in [0.2, 0.25) is 0 Å². The molecule has 1 aromatic rings. The summed E-state index contributed by atoms with van der Waals surface area (Å²) in [4.78, 5) is 13.3. The van der Waals surface area contributed by atoms with Crippen molar-refractivity contribution in [3.63, 3.8) is 0 Å². The summed E-state index contributed by atoms with van der Waals surface area (Å²) in [6, 6.07) is 8.43. The molecule has 2 atom stereocenters. The van der Waals surface area contributed by atoms with Gasteiger partial charge in [-0.05, 0) is 43.4 Å². The normalized spacial score (nSPS) is 30.6. The second-order valence-corrected chi connectivity index (χ2v) is 5.43. The molecule has 4 heteroatoms. The van der Waals surface area contributed by atoms with Crippen molar-refractivity contribution in [3.8, 4) is 0 Å². The number of nitrogens with zero attached hydrogens (tertiary/aromatic N) is 1. The number of hydrogen-bond donors (Lipinski definition) is 0. The summed E-state index contributed by atoms with van der Waals surface area (Å²) >= 11 is 0. The fourth-order valence-corrected chi connectivity index (χ4v) is 2.62. The molecule has 0 spiro atoms. The SMILES string of the molecule is COC1CN(c2ccc(C3CC3)cc2)C(C)(C=O)O1. The molecule has 0 bridgehead atoms. The Kier molecular flexibility index (Phi) is 3.07. The quantitative estimate of drug-likeness (QED) is 0.779. The summed E-state index contributed by atoms with van der Waals surface area (Å²) in [5.41, 5.74) is 1.44. The predicted octanol–water partition coefficient (Wildman–Crippen LogP) is 2.29. The van der Waals surface area contributed by atoms with E-state index in [1.54, 1.807) is 14.0 Å². The Labute approximate surface area is 113 Å². The van der Waals surface area contributed by atoms with Crippen LogP contribution < -0.4 is 4.90 Å². The van der Waals surface area contributed by atoms with Crippen molar-refractivity contribution in [2.75, 3.05) is 18.6 Å². The molecule has 1 heterocycles. The Balaban J connectivity index is 1.84. The van der Waals surface area contributed by atoms with Gasteiger partial charge in [-0.3, -0.25) is 4.79 Å². The van der Waals surface area contributed by atoms with Crippen LogP contribution in [0.3, 0.4) is 0 Å². The van der Waals surface area contributed by atoms with Gasteiger partial charge in [0.15, 0.2) is 18.3 Å². The lowest BCUT2D eigenvalue weighted by atomic mass is 10.1. The van der Waals surface area contributed by atoms with Crippen LogP contribution >= 0.6 is 0 Å². The van der Waals surface area contributed by atoms with Gasteiger partial charge in [-0.25, -0.2) is 0 Å². The van der Waals surface area contributed by atoms with Crippen molar-refractivity contribution in [2.24, 2.45) is 0 Å². The Morgan fingerprint density at radius 3 is 2.58 bits per heavy atom. The summed E-state index contributed by atoms with van der Waals surface area (Å²) in [6.07, 6.45) is 3.06. The minimum Gasteiger partial charge on any atom is -0.354 e. The third kappa shape index (κ3) is 2.26. The van der Waals surface area contributed by atoms with Crippen molar-refractivity contribution < 1.29 is 14.3 Å². The first kappa shape index (κ1) is 12.6. The Morgan fingerprint density at radius 2 is 2.05 bits per heavy atom. The standard InChI is InChI=1S/C15H19NO3/c1-15(10-17)16(9-14(18-2)19-15)13-7-5-12(6-8-13)11-3-4-11/h5-8,10-11,14H,3-4,9H2,1-2H3. The highest BCUT2D eigenvalue weighted by Gasteiger charge is 2.43. The number of ether oxygens (including phenoxy) is 2. The monoisotopic (exact) mass is 261 g/mol. The largest absolute Gasteiger partial charge is 0.354 e. The van der Waals surface area contributed by atoms with E-state index >= 15 is 0 Å². The lowest BCUT2D eigenvalue weighted by Crippen LogP contribution is -2.43. The van der Waals surface area contributed by atoms with E-state index in [0.29, 0.717) is 6.54 Å². The van der Waals surface area contributed by atoms with Crippen molar-refractivity contribution in [2.45, 2.75) is 37.7 Å². The fraction of sp³-hybridized carbons (Fsp3) is 0.533. The van der Waals surface area contributed by atoms with Crippen LogP contribution in [0.4, 0.5) is 5.69 Å². The van der Waals surface area contributed by atoms with Gasteiger partial charge in [-0.1, -0.05) is 12.1 Å². The maximum atomic E-state index is 11.3. The molecule has 4 nitrogen and oxygen atoms in total. The molecule has 0 radical (unpaired) electrons. The third-order valence-electron chi connectivity index (χ3n) is 3.97. The second kappa shape index (κ2) is 4.62. The molecule has 19 heavy (non-hydrogen) atoms. The summed E-state index contributed by atoms with van der Waals surface area (Å²) in [7, 11) is 1.59. The minimum atomic E-state index is -0.943. The molecule has 0 aromatic heterocycles. The smallest absolute Gasteiger partial charge is 0.198 e. The van der Waals surface area contributed by atoms with E-state index in [4.69, 9.17) is 9.47 Å². The van der Waals surface area contributed by atoms with Gasteiger partial charge in [0.1, 0.15) is 0 Å². The summed E-state index contributed by atoms with van der Waals surface area (Å²) in [6.45, 7) is 2.34. The van der Waals surface area contributed by atoms with Gasteiger partial charge in [-0.2, -0.15) is 0 Å². The van der Waals surface area contributed by atoms with E-state index in [1.165, 1.54) is 18.4 Å². The van der Waals surface area contributed by atoms with Gasteiger partial charge in [0.2, 0.25) is 0 Å². The molecule has 1 saturated carbocycles. The van der Waals surface area contributed by atoms with Crippen molar-refractivity contribution in [1.29, 1.82) is 0 Å². The molecular formula is C15H19NO3. The van der Waals surface area contributed by atoms with Crippen molar-refractivity contribution in [3.05, 3.63) is 29.8 Å². The molecule has 102 valence electrons. The van der Waals surface area contributed by atoms with E-state index in [2.05, 4.69) is 24.3 Å². The first-order valence-electron chi connectivity index (χ1n) is 6.71. The summed E-state index contributed by atoms with van der Waals surface area (Å²) < 4.78 is 10.8. The number of benzene rings is 1. The highest BCUT2D eigenvalue weighted by molar-refractivity contribution is 5.70. The van der Waals surface area contributed by atoms with Crippen molar-refractivity contribution >= 4 is 12.0 Å².